The van der Waals surface area contributed by atoms with E-state index >= 15 is 0 Å². The van der Waals surface area contributed by atoms with E-state index < -0.39 is 22.1 Å². The molecule has 3 rings (SSSR count). The quantitative estimate of drug-likeness (QED) is 0.484. The topological polar surface area (TPSA) is 80.8 Å². The van der Waals surface area contributed by atoms with Crippen LogP contribution in [0.1, 0.15) is 53.3 Å². The van der Waals surface area contributed by atoms with Gasteiger partial charge in [0.2, 0.25) is 15.8 Å². The second-order valence-electron chi connectivity index (χ2n) is 7.24. The predicted octanol–water partition coefficient (Wildman–Crippen LogP) is 4.33. The normalized spacial score (nSPS) is 16.5. The van der Waals surface area contributed by atoms with Crippen LogP contribution in [0.15, 0.2) is 53.4 Å². The van der Waals surface area contributed by atoms with Crippen LogP contribution in [0.4, 0.5) is 0 Å². The molecule has 0 bridgehead atoms. The van der Waals surface area contributed by atoms with E-state index in [0.29, 0.717) is 18.7 Å². The van der Waals surface area contributed by atoms with Gasteiger partial charge in [-0.3, -0.25) is 4.79 Å². The highest BCUT2D eigenvalue weighted by molar-refractivity contribution is 7.89. The maximum absolute atomic E-state index is 13.1. The van der Waals surface area contributed by atoms with Crippen LogP contribution in [0.2, 0.25) is 5.02 Å². The van der Waals surface area contributed by atoms with E-state index in [1.54, 1.807) is 30.3 Å². The molecule has 6 nitrogen and oxygen atoms in total. The summed E-state index contributed by atoms with van der Waals surface area (Å²) in [6.07, 6.45) is 2.54. The number of nitrogens with zero attached hydrogens (tertiary/aromatic N) is 1. The number of hydrogen-bond donors (Lipinski definition) is 0. The Hall–Kier alpha value is -2.22. The SMILES string of the molecule is C[C@H](OC(=O)c1ccc(Cl)c(S(=O)(=O)N2CCCCCC2)c1)C(=O)c1ccccc1. The summed E-state index contributed by atoms with van der Waals surface area (Å²) in [5.74, 6) is -1.12. The van der Waals surface area contributed by atoms with Crippen molar-refractivity contribution >= 4 is 33.4 Å². The zero-order valence-electron chi connectivity index (χ0n) is 16.7. The van der Waals surface area contributed by atoms with Crippen molar-refractivity contribution in [3.63, 3.8) is 0 Å². The van der Waals surface area contributed by atoms with Gasteiger partial charge in [-0.05, 0) is 38.0 Å². The number of sulfonamides is 1. The summed E-state index contributed by atoms with van der Waals surface area (Å²) in [6.45, 7) is 2.34. The molecular formula is C22H24ClNO5S. The first-order valence-corrected chi connectivity index (χ1v) is 11.7. The maximum atomic E-state index is 13.1. The monoisotopic (exact) mass is 449 g/mol. The van der Waals surface area contributed by atoms with Gasteiger partial charge in [0.15, 0.2) is 6.10 Å². The van der Waals surface area contributed by atoms with Gasteiger partial charge in [-0.25, -0.2) is 13.2 Å². The zero-order chi connectivity index (χ0) is 21.7. The van der Waals surface area contributed by atoms with Gasteiger partial charge < -0.3 is 4.74 Å². The molecule has 0 unspecified atom stereocenters. The Morgan fingerprint density at radius 2 is 1.60 bits per heavy atom. The van der Waals surface area contributed by atoms with E-state index in [1.165, 1.54) is 29.4 Å². The number of rotatable bonds is 6. The number of ketones is 1. The fourth-order valence-corrected chi connectivity index (χ4v) is 5.39. The van der Waals surface area contributed by atoms with Gasteiger partial charge in [0, 0.05) is 18.7 Å². The number of Topliss-reactive ketones (excluding diaryl/α,β-unsaturated/α-hetero) is 1. The molecule has 0 N–H and O–H groups in total. The molecule has 1 atom stereocenters. The largest absolute Gasteiger partial charge is 0.451 e. The molecule has 0 spiro atoms. The molecule has 160 valence electrons. The number of halogens is 1. The lowest BCUT2D eigenvalue weighted by atomic mass is 10.1. The van der Waals surface area contributed by atoms with E-state index in [4.69, 9.17) is 16.3 Å². The summed E-state index contributed by atoms with van der Waals surface area (Å²) < 4.78 is 32.9. The molecule has 1 aliphatic heterocycles. The first kappa shape index (κ1) is 22.5. The van der Waals surface area contributed by atoms with Crippen LogP contribution in [0.25, 0.3) is 0 Å². The zero-order valence-corrected chi connectivity index (χ0v) is 18.3. The van der Waals surface area contributed by atoms with Gasteiger partial charge in [-0.1, -0.05) is 54.8 Å². The molecule has 8 heteroatoms. The molecule has 1 saturated heterocycles. The Morgan fingerprint density at radius 3 is 2.23 bits per heavy atom. The fraction of sp³-hybridized carbons (Fsp3) is 0.364. The number of carbonyl (C=O) groups is 2. The third-order valence-corrected chi connectivity index (χ3v) is 7.44. The molecule has 0 radical (unpaired) electrons. The molecule has 0 saturated carbocycles. The van der Waals surface area contributed by atoms with Crippen LogP contribution in [0.5, 0.6) is 0 Å². The first-order valence-electron chi connectivity index (χ1n) is 9.90. The lowest BCUT2D eigenvalue weighted by molar-refractivity contribution is 0.0318. The van der Waals surface area contributed by atoms with Crippen molar-refractivity contribution in [3.05, 3.63) is 64.7 Å². The van der Waals surface area contributed by atoms with Crippen molar-refractivity contribution in [2.24, 2.45) is 0 Å². The highest BCUT2D eigenvalue weighted by atomic mass is 35.5. The van der Waals surface area contributed by atoms with Gasteiger partial charge >= 0.3 is 5.97 Å². The van der Waals surface area contributed by atoms with Crippen molar-refractivity contribution in [3.8, 4) is 0 Å². The predicted molar refractivity (Wildman–Crippen MR) is 114 cm³/mol. The highest BCUT2D eigenvalue weighted by Crippen LogP contribution is 2.28. The fourth-order valence-electron chi connectivity index (χ4n) is 3.37. The van der Waals surface area contributed by atoms with E-state index in [-0.39, 0.29) is 21.3 Å². The van der Waals surface area contributed by atoms with E-state index in [0.717, 1.165) is 25.7 Å². The lowest BCUT2D eigenvalue weighted by Gasteiger charge is -2.21. The second-order valence-corrected chi connectivity index (χ2v) is 9.55. The summed E-state index contributed by atoms with van der Waals surface area (Å²) in [7, 11) is -3.83. The minimum absolute atomic E-state index is 0.0282. The van der Waals surface area contributed by atoms with Gasteiger partial charge in [-0.15, -0.1) is 0 Å². The van der Waals surface area contributed by atoms with Crippen LogP contribution in [0.3, 0.4) is 0 Å². The molecule has 30 heavy (non-hydrogen) atoms. The van der Waals surface area contributed by atoms with Crippen molar-refractivity contribution < 1.29 is 22.7 Å². The highest BCUT2D eigenvalue weighted by Gasteiger charge is 2.29. The first-order chi connectivity index (χ1) is 14.3. The Balaban J connectivity index is 1.80. The van der Waals surface area contributed by atoms with E-state index in [9.17, 15) is 18.0 Å². The number of hydrogen-bond acceptors (Lipinski definition) is 5. The standard InChI is InChI=1S/C22H24ClNO5S/c1-16(21(25)17-9-5-4-6-10-17)29-22(26)18-11-12-19(23)20(15-18)30(27,28)24-13-7-2-3-8-14-24/h4-6,9-12,15-16H,2-3,7-8,13-14H2,1H3/t16-/m0/s1. The molecular weight excluding hydrogens is 426 g/mol. The van der Waals surface area contributed by atoms with Crippen LogP contribution in [0, 0.1) is 0 Å². The average molecular weight is 450 g/mol. The molecule has 1 aliphatic rings. The molecule has 0 aromatic heterocycles. The number of ether oxygens (including phenoxy) is 1. The Kier molecular flexibility index (Phi) is 7.28. The average Bonchev–Trinajstić information content (AvgIpc) is 3.04. The molecule has 0 aliphatic carbocycles. The summed E-state index contributed by atoms with van der Waals surface area (Å²) in [6, 6.07) is 12.5. The maximum Gasteiger partial charge on any atom is 0.338 e. The molecule has 1 fully saturated rings. The second kappa shape index (κ2) is 9.73. The third-order valence-electron chi connectivity index (χ3n) is 5.06. The minimum atomic E-state index is -3.83. The molecule has 2 aromatic carbocycles. The minimum Gasteiger partial charge on any atom is -0.451 e. The number of benzene rings is 2. The summed E-state index contributed by atoms with van der Waals surface area (Å²) in [5, 5.41) is 0.0456. The summed E-state index contributed by atoms with van der Waals surface area (Å²) in [4.78, 5) is 24.9. The number of esters is 1. The van der Waals surface area contributed by atoms with Crippen molar-refractivity contribution in [2.75, 3.05) is 13.1 Å². The van der Waals surface area contributed by atoms with Crippen LogP contribution >= 0.6 is 11.6 Å². The van der Waals surface area contributed by atoms with Crippen LogP contribution < -0.4 is 0 Å². The van der Waals surface area contributed by atoms with Crippen molar-refractivity contribution in [2.45, 2.75) is 43.6 Å². The molecule has 1 heterocycles. The van der Waals surface area contributed by atoms with Crippen molar-refractivity contribution in [1.29, 1.82) is 0 Å². The Labute approximate surface area is 181 Å². The lowest BCUT2D eigenvalue weighted by Crippen LogP contribution is -2.32. The van der Waals surface area contributed by atoms with E-state index in [2.05, 4.69) is 0 Å². The van der Waals surface area contributed by atoms with Gasteiger partial charge in [0.05, 0.1) is 10.6 Å². The third kappa shape index (κ3) is 5.09. The van der Waals surface area contributed by atoms with Gasteiger partial charge in [0.1, 0.15) is 4.90 Å². The van der Waals surface area contributed by atoms with Crippen LogP contribution in [-0.4, -0.2) is 43.7 Å². The van der Waals surface area contributed by atoms with E-state index in [1.807, 2.05) is 0 Å². The van der Waals surface area contributed by atoms with Gasteiger partial charge in [-0.2, -0.15) is 4.31 Å². The smallest absolute Gasteiger partial charge is 0.338 e. The van der Waals surface area contributed by atoms with Crippen LogP contribution in [-0.2, 0) is 14.8 Å². The summed E-state index contributed by atoms with van der Waals surface area (Å²) >= 11 is 6.17. The van der Waals surface area contributed by atoms with Gasteiger partial charge in [0.25, 0.3) is 0 Å². The van der Waals surface area contributed by atoms with Crippen molar-refractivity contribution in [1.82, 2.24) is 4.31 Å². The molecule has 0 amide bonds. The molecule has 2 aromatic rings. The summed E-state index contributed by atoms with van der Waals surface area (Å²) in [5.41, 5.74) is 0.457. The Morgan fingerprint density at radius 1 is 0.967 bits per heavy atom. The number of carbonyl (C=O) groups excluding carboxylic acids is 2. The Bertz CT molecular complexity index is 1020.